The Balaban J connectivity index is 0.00000225. The Morgan fingerprint density at radius 1 is 1.20 bits per heavy atom. The van der Waals surface area contributed by atoms with Crippen LogP contribution in [0.3, 0.4) is 0 Å². The molecule has 3 rings (SSSR count). The highest BCUT2D eigenvalue weighted by atomic mass is 127. The van der Waals surface area contributed by atoms with Gasteiger partial charge < -0.3 is 15.2 Å². The van der Waals surface area contributed by atoms with E-state index in [0.29, 0.717) is 35.8 Å². The van der Waals surface area contributed by atoms with Crippen LogP contribution in [0.25, 0.3) is 11.4 Å². The number of hydrogen-bond acceptors (Lipinski definition) is 5. The summed E-state index contributed by atoms with van der Waals surface area (Å²) in [5, 5.41) is 15.2. The van der Waals surface area contributed by atoms with Gasteiger partial charge in [-0.1, -0.05) is 16.8 Å². The number of aromatic nitrogens is 2. The van der Waals surface area contributed by atoms with Gasteiger partial charge in [0.15, 0.2) is 5.96 Å². The number of thiophene rings is 1. The minimum Gasteiger partial charge on any atom is -0.352 e. The van der Waals surface area contributed by atoms with Gasteiger partial charge in [0.05, 0.1) is 6.54 Å². The Bertz CT molecular complexity index is 804. The van der Waals surface area contributed by atoms with Gasteiger partial charge in [0.1, 0.15) is 0 Å². The van der Waals surface area contributed by atoms with Crippen molar-refractivity contribution in [3.63, 3.8) is 0 Å². The molecule has 0 atom stereocenters. The number of hydrogen-bond donors (Lipinski definition) is 2. The van der Waals surface area contributed by atoms with Crippen molar-refractivity contribution in [3.05, 3.63) is 57.6 Å². The van der Waals surface area contributed by atoms with E-state index in [2.05, 4.69) is 37.2 Å². The molecule has 0 aliphatic heterocycles. The van der Waals surface area contributed by atoms with Gasteiger partial charge in [-0.2, -0.15) is 16.3 Å². The highest BCUT2D eigenvalue weighted by molar-refractivity contribution is 14.0. The molecular weight excluding hydrogens is 473 g/mol. The quantitative estimate of drug-likeness (QED) is 0.323. The molecule has 0 unspecified atom stereocenters. The minimum absolute atomic E-state index is 0. The SMILES string of the molecule is CN=C(NCc1ccsc1)NCc1nc(-c2ccc(Cl)cc2)no1.I. The van der Waals surface area contributed by atoms with Crippen molar-refractivity contribution in [2.24, 2.45) is 4.99 Å². The first-order chi connectivity index (χ1) is 11.7. The summed E-state index contributed by atoms with van der Waals surface area (Å²) in [5.41, 5.74) is 2.07. The van der Waals surface area contributed by atoms with Crippen molar-refractivity contribution in [2.45, 2.75) is 13.1 Å². The number of halogens is 2. The lowest BCUT2D eigenvalue weighted by Crippen LogP contribution is -2.36. The molecule has 0 radical (unpaired) electrons. The first kappa shape index (κ1) is 19.7. The van der Waals surface area contributed by atoms with Crippen molar-refractivity contribution < 1.29 is 4.52 Å². The van der Waals surface area contributed by atoms with Crippen LogP contribution in [-0.4, -0.2) is 23.1 Å². The molecule has 0 saturated heterocycles. The third kappa shape index (κ3) is 5.68. The van der Waals surface area contributed by atoms with E-state index in [1.165, 1.54) is 5.56 Å². The lowest BCUT2D eigenvalue weighted by molar-refractivity contribution is 0.375. The summed E-state index contributed by atoms with van der Waals surface area (Å²) in [5.74, 6) is 1.69. The average Bonchev–Trinajstić information content (AvgIpc) is 3.27. The lowest BCUT2D eigenvalue weighted by Gasteiger charge is -2.09. The number of rotatable bonds is 5. The molecule has 0 saturated carbocycles. The van der Waals surface area contributed by atoms with Crippen LogP contribution >= 0.6 is 46.9 Å². The fraction of sp³-hybridized carbons (Fsp3) is 0.188. The Hall–Kier alpha value is -1.65. The van der Waals surface area contributed by atoms with E-state index in [9.17, 15) is 0 Å². The second-order valence-corrected chi connectivity index (χ2v) is 6.15. The second-order valence-electron chi connectivity index (χ2n) is 4.93. The number of nitrogens with one attached hydrogen (secondary N) is 2. The average molecular weight is 490 g/mol. The van der Waals surface area contributed by atoms with E-state index in [4.69, 9.17) is 16.1 Å². The van der Waals surface area contributed by atoms with Crippen LogP contribution in [0, 0.1) is 0 Å². The fourth-order valence-electron chi connectivity index (χ4n) is 2.00. The molecule has 0 bridgehead atoms. The summed E-state index contributed by atoms with van der Waals surface area (Å²) in [6, 6.07) is 9.36. The first-order valence-electron chi connectivity index (χ1n) is 7.28. The number of guanidine groups is 1. The summed E-state index contributed by atoms with van der Waals surface area (Å²) < 4.78 is 5.26. The monoisotopic (exact) mass is 489 g/mol. The highest BCUT2D eigenvalue weighted by Gasteiger charge is 2.09. The third-order valence-electron chi connectivity index (χ3n) is 3.24. The maximum atomic E-state index is 5.88. The Labute approximate surface area is 171 Å². The van der Waals surface area contributed by atoms with Gasteiger partial charge in [-0.05, 0) is 46.7 Å². The van der Waals surface area contributed by atoms with Gasteiger partial charge in [-0.15, -0.1) is 24.0 Å². The topological polar surface area (TPSA) is 75.3 Å². The molecule has 2 heterocycles. The van der Waals surface area contributed by atoms with Gasteiger partial charge in [0, 0.05) is 24.2 Å². The van der Waals surface area contributed by atoms with E-state index < -0.39 is 0 Å². The molecule has 0 amide bonds. The summed E-state index contributed by atoms with van der Waals surface area (Å²) in [7, 11) is 1.72. The van der Waals surface area contributed by atoms with E-state index in [1.807, 2.05) is 17.5 Å². The summed E-state index contributed by atoms with van der Waals surface area (Å²) in [4.78, 5) is 8.53. The molecule has 9 heteroatoms. The second kappa shape index (κ2) is 9.73. The Morgan fingerprint density at radius 3 is 2.64 bits per heavy atom. The molecule has 0 aliphatic rings. The fourth-order valence-corrected chi connectivity index (χ4v) is 2.80. The molecule has 132 valence electrons. The maximum absolute atomic E-state index is 5.88. The van der Waals surface area contributed by atoms with Crippen LogP contribution in [0.4, 0.5) is 0 Å². The summed E-state index contributed by atoms with van der Waals surface area (Å²) in [6.07, 6.45) is 0. The van der Waals surface area contributed by atoms with Crippen molar-refractivity contribution in [3.8, 4) is 11.4 Å². The zero-order valence-corrected chi connectivity index (χ0v) is 17.3. The number of aliphatic imine (C=N–C) groups is 1. The van der Waals surface area contributed by atoms with Crippen LogP contribution in [0.1, 0.15) is 11.5 Å². The van der Waals surface area contributed by atoms with E-state index in [0.717, 1.165) is 5.56 Å². The minimum atomic E-state index is 0. The highest BCUT2D eigenvalue weighted by Crippen LogP contribution is 2.18. The van der Waals surface area contributed by atoms with Gasteiger partial charge in [0.2, 0.25) is 11.7 Å². The number of nitrogens with zero attached hydrogens (tertiary/aromatic N) is 3. The number of benzene rings is 1. The molecule has 2 N–H and O–H groups in total. The van der Waals surface area contributed by atoms with Crippen LogP contribution in [0.5, 0.6) is 0 Å². The van der Waals surface area contributed by atoms with Crippen molar-refractivity contribution in [1.29, 1.82) is 0 Å². The Morgan fingerprint density at radius 2 is 1.96 bits per heavy atom. The first-order valence-corrected chi connectivity index (χ1v) is 8.61. The standard InChI is InChI=1S/C16H16ClN5OS.HI/c1-18-16(19-8-11-6-7-24-10-11)20-9-14-21-15(22-23-14)12-2-4-13(17)5-3-12;/h2-7,10H,8-9H2,1H3,(H2,18,19,20);1H. The summed E-state index contributed by atoms with van der Waals surface area (Å²) >= 11 is 7.55. The van der Waals surface area contributed by atoms with E-state index >= 15 is 0 Å². The molecule has 25 heavy (non-hydrogen) atoms. The van der Waals surface area contributed by atoms with Gasteiger partial charge in [-0.3, -0.25) is 4.99 Å². The predicted octanol–water partition coefficient (Wildman–Crippen LogP) is 3.93. The van der Waals surface area contributed by atoms with E-state index in [1.54, 1.807) is 30.5 Å². The van der Waals surface area contributed by atoms with Gasteiger partial charge in [0.25, 0.3) is 0 Å². The molecular formula is C16H17ClIN5OS. The van der Waals surface area contributed by atoms with Crippen LogP contribution in [0.15, 0.2) is 50.6 Å². The normalized spacial score (nSPS) is 11.0. The van der Waals surface area contributed by atoms with Gasteiger partial charge >= 0.3 is 0 Å². The lowest BCUT2D eigenvalue weighted by atomic mass is 10.2. The molecule has 0 spiro atoms. The van der Waals surface area contributed by atoms with E-state index in [-0.39, 0.29) is 24.0 Å². The van der Waals surface area contributed by atoms with Crippen LogP contribution < -0.4 is 10.6 Å². The largest absolute Gasteiger partial charge is 0.352 e. The molecule has 1 aromatic carbocycles. The third-order valence-corrected chi connectivity index (χ3v) is 4.23. The molecule has 6 nitrogen and oxygen atoms in total. The van der Waals surface area contributed by atoms with Crippen molar-refractivity contribution in [2.75, 3.05) is 7.05 Å². The van der Waals surface area contributed by atoms with Crippen LogP contribution in [0.2, 0.25) is 5.02 Å². The van der Waals surface area contributed by atoms with Gasteiger partial charge in [-0.25, -0.2) is 0 Å². The molecule has 2 aromatic heterocycles. The maximum Gasteiger partial charge on any atom is 0.246 e. The molecule has 3 aromatic rings. The molecule has 0 aliphatic carbocycles. The predicted molar refractivity (Wildman–Crippen MR) is 112 cm³/mol. The molecule has 0 fully saturated rings. The zero-order chi connectivity index (χ0) is 16.8. The smallest absolute Gasteiger partial charge is 0.246 e. The van der Waals surface area contributed by atoms with Crippen molar-refractivity contribution in [1.82, 2.24) is 20.8 Å². The van der Waals surface area contributed by atoms with Crippen LogP contribution in [-0.2, 0) is 13.1 Å². The van der Waals surface area contributed by atoms with Crippen molar-refractivity contribution >= 4 is 52.9 Å². The zero-order valence-electron chi connectivity index (χ0n) is 13.4. The summed E-state index contributed by atoms with van der Waals surface area (Å²) in [6.45, 7) is 1.10. The Kier molecular flexibility index (Phi) is 7.66.